The largest absolute Gasteiger partial charge is 0.299 e. The minimum absolute atomic E-state index is 0.233. The topological polar surface area (TPSA) is 17.1 Å². The minimum Gasteiger partial charge on any atom is -0.299 e. The molecule has 0 bridgehead atoms. The van der Waals surface area contributed by atoms with Crippen molar-refractivity contribution in [3.8, 4) is 0 Å². The van der Waals surface area contributed by atoms with Crippen LogP contribution in [0.5, 0.6) is 0 Å². The number of hydrogen-bond acceptors (Lipinski definition) is 1. The number of ketones is 1. The van der Waals surface area contributed by atoms with Crippen molar-refractivity contribution in [3.05, 3.63) is 23.3 Å². The second-order valence-corrected chi connectivity index (χ2v) is 5.08. The predicted octanol–water partition coefficient (Wildman–Crippen LogP) is 4.44. The first-order chi connectivity index (χ1) is 7.59. The van der Waals surface area contributed by atoms with Gasteiger partial charge in [-0.05, 0) is 46.0 Å². The van der Waals surface area contributed by atoms with Crippen molar-refractivity contribution in [2.24, 2.45) is 5.92 Å². The van der Waals surface area contributed by atoms with Crippen molar-refractivity contribution in [1.82, 2.24) is 0 Å². The van der Waals surface area contributed by atoms with Crippen LogP contribution in [-0.2, 0) is 4.79 Å². The van der Waals surface area contributed by atoms with Gasteiger partial charge in [0.05, 0.1) is 0 Å². The Morgan fingerprint density at radius 3 is 2.38 bits per heavy atom. The van der Waals surface area contributed by atoms with Crippen LogP contribution in [0.25, 0.3) is 0 Å². The molecule has 0 heterocycles. The van der Waals surface area contributed by atoms with E-state index in [4.69, 9.17) is 0 Å². The van der Waals surface area contributed by atoms with E-state index in [1.54, 1.807) is 0 Å². The van der Waals surface area contributed by atoms with Gasteiger partial charge in [-0.2, -0.15) is 0 Å². The molecule has 16 heavy (non-hydrogen) atoms. The van der Waals surface area contributed by atoms with E-state index in [-0.39, 0.29) is 5.92 Å². The molecule has 1 aliphatic carbocycles. The van der Waals surface area contributed by atoms with Crippen LogP contribution in [0.3, 0.4) is 0 Å². The van der Waals surface area contributed by atoms with E-state index in [0.717, 1.165) is 32.1 Å². The van der Waals surface area contributed by atoms with Gasteiger partial charge in [0.15, 0.2) is 0 Å². The molecule has 0 spiro atoms. The molecule has 0 aromatic carbocycles. The van der Waals surface area contributed by atoms with Crippen molar-refractivity contribution < 1.29 is 4.79 Å². The number of allylic oxidation sites excluding steroid dienone is 4. The van der Waals surface area contributed by atoms with Gasteiger partial charge >= 0.3 is 0 Å². The third kappa shape index (κ3) is 4.78. The maximum Gasteiger partial charge on any atom is 0.136 e. The SMILES string of the molecule is C/C1=C/CC/C(C)=C/CCC(C)C(=O)CC1. The lowest BCUT2D eigenvalue weighted by Crippen LogP contribution is -2.10. The zero-order valence-electron chi connectivity index (χ0n) is 10.9. The fraction of sp³-hybridized carbons (Fsp3) is 0.667. The van der Waals surface area contributed by atoms with Crippen LogP contribution in [0.4, 0.5) is 0 Å². The highest BCUT2D eigenvalue weighted by Gasteiger charge is 2.12. The van der Waals surface area contributed by atoms with Gasteiger partial charge in [-0.25, -0.2) is 0 Å². The lowest BCUT2D eigenvalue weighted by molar-refractivity contribution is -0.122. The van der Waals surface area contributed by atoms with Gasteiger partial charge in [-0.1, -0.05) is 30.2 Å². The average Bonchev–Trinajstić information content (AvgIpc) is 2.24. The van der Waals surface area contributed by atoms with Crippen LogP contribution in [0.1, 0.15) is 59.3 Å². The summed E-state index contributed by atoms with van der Waals surface area (Å²) in [6.45, 7) is 6.40. The third-order valence-corrected chi connectivity index (χ3v) is 3.44. The predicted molar refractivity (Wildman–Crippen MR) is 69.4 cm³/mol. The molecule has 1 nitrogen and oxygen atoms in total. The van der Waals surface area contributed by atoms with Gasteiger partial charge in [0.25, 0.3) is 0 Å². The molecule has 1 rings (SSSR count). The maximum atomic E-state index is 11.8. The molecule has 0 saturated heterocycles. The van der Waals surface area contributed by atoms with Gasteiger partial charge in [0.1, 0.15) is 5.78 Å². The molecular weight excluding hydrogens is 196 g/mol. The Bertz CT molecular complexity index is 297. The highest BCUT2D eigenvalue weighted by atomic mass is 16.1. The molecule has 0 aliphatic heterocycles. The Balaban J connectivity index is 2.64. The monoisotopic (exact) mass is 220 g/mol. The number of carbonyl (C=O) groups excluding carboxylic acids is 1. The van der Waals surface area contributed by atoms with Crippen molar-refractivity contribution >= 4 is 5.78 Å². The number of hydrogen-bond donors (Lipinski definition) is 0. The van der Waals surface area contributed by atoms with E-state index in [0.29, 0.717) is 5.78 Å². The zero-order chi connectivity index (χ0) is 12.0. The quantitative estimate of drug-likeness (QED) is 0.552. The zero-order valence-corrected chi connectivity index (χ0v) is 10.9. The van der Waals surface area contributed by atoms with E-state index < -0.39 is 0 Å². The Labute approximate surface area is 99.6 Å². The van der Waals surface area contributed by atoms with E-state index in [1.807, 2.05) is 0 Å². The van der Waals surface area contributed by atoms with Gasteiger partial charge in [-0.15, -0.1) is 0 Å². The van der Waals surface area contributed by atoms with Crippen LogP contribution in [0, 0.1) is 5.92 Å². The lowest BCUT2D eigenvalue weighted by Gasteiger charge is -2.11. The first-order valence-electron chi connectivity index (χ1n) is 6.43. The fourth-order valence-electron chi connectivity index (χ4n) is 2.06. The summed E-state index contributed by atoms with van der Waals surface area (Å²) in [5.41, 5.74) is 2.83. The highest BCUT2D eigenvalue weighted by Crippen LogP contribution is 2.17. The molecule has 1 atom stereocenters. The van der Waals surface area contributed by atoms with Gasteiger partial charge in [0.2, 0.25) is 0 Å². The molecule has 0 amide bonds. The second-order valence-electron chi connectivity index (χ2n) is 5.08. The summed E-state index contributed by atoms with van der Waals surface area (Å²) in [6, 6.07) is 0. The number of Topliss-reactive ketones (excluding diaryl/α,β-unsaturated/α-hetero) is 1. The van der Waals surface area contributed by atoms with Crippen molar-refractivity contribution in [2.75, 3.05) is 0 Å². The molecule has 0 saturated carbocycles. The van der Waals surface area contributed by atoms with Crippen LogP contribution in [0.2, 0.25) is 0 Å². The average molecular weight is 220 g/mol. The fourth-order valence-corrected chi connectivity index (χ4v) is 2.06. The Hall–Kier alpha value is -0.850. The molecule has 0 aromatic heterocycles. The molecule has 90 valence electrons. The summed E-state index contributed by atoms with van der Waals surface area (Å²) in [7, 11) is 0. The summed E-state index contributed by atoms with van der Waals surface area (Å²) in [5, 5.41) is 0. The van der Waals surface area contributed by atoms with E-state index in [9.17, 15) is 4.79 Å². The summed E-state index contributed by atoms with van der Waals surface area (Å²) in [5.74, 6) is 0.663. The normalized spacial score (nSPS) is 31.7. The number of carbonyl (C=O) groups is 1. The molecule has 1 aliphatic rings. The Kier molecular flexibility index (Phi) is 5.51. The van der Waals surface area contributed by atoms with Crippen molar-refractivity contribution in [1.29, 1.82) is 0 Å². The van der Waals surface area contributed by atoms with E-state index >= 15 is 0 Å². The summed E-state index contributed by atoms with van der Waals surface area (Å²) >= 11 is 0. The lowest BCUT2D eigenvalue weighted by atomic mass is 9.94. The second kappa shape index (κ2) is 6.67. The summed E-state index contributed by atoms with van der Waals surface area (Å²) < 4.78 is 0. The van der Waals surface area contributed by atoms with Crippen LogP contribution < -0.4 is 0 Å². The van der Waals surface area contributed by atoms with Crippen LogP contribution in [0.15, 0.2) is 23.3 Å². The van der Waals surface area contributed by atoms with E-state index in [2.05, 4.69) is 32.9 Å². The first-order valence-corrected chi connectivity index (χ1v) is 6.43. The number of rotatable bonds is 0. The standard InChI is InChI=1S/C15H24O/c1-12-6-4-7-13(2)10-11-15(16)14(3)9-5-8-12/h7-8,14H,4-6,9-11H2,1-3H3/b12-8+,13-7-. The molecular formula is C15H24O. The third-order valence-electron chi connectivity index (χ3n) is 3.44. The smallest absolute Gasteiger partial charge is 0.136 e. The maximum absolute atomic E-state index is 11.8. The van der Waals surface area contributed by atoms with Crippen LogP contribution >= 0.6 is 0 Å². The van der Waals surface area contributed by atoms with Crippen molar-refractivity contribution in [2.45, 2.75) is 59.3 Å². The Morgan fingerprint density at radius 2 is 1.62 bits per heavy atom. The summed E-state index contributed by atoms with van der Waals surface area (Å²) in [4.78, 5) is 11.8. The molecule has 0 fully saturated rings. The molecule has 1 unspecified atom stereocenters. The Morgan fingerprint density at radius 1 is 1.00 bits per heavy atom. The van der Waals surface area contributed by atoms with Crippen molar-refractivity contribution in [3.63, 3.8) is 0 Å². The van der Waals surface area contributed by atoms with Gasteiger partial charge in [0, 0.05) is 12.3 Å². The van der Waals surface area contributed by atoms with Gasteiger partial charge < -0.3 is 0 Å². The van der Waals surface area contributed by atoms with E-state index in [1.165, 1.54) is 17.6 Å². The highest BCUT2D eigenvalue weighted by molar-refractivity contribution is 5.80. The van der Waals surface area contributed by atoms with Crippen LogP contribution in [-0.4, -0.2) is 5.78 Å². The first kappa shape index (κ1) is 13.2. The molecule has 1 heteroatoms. The molecule has 0 N–H and O–H groups in total. The minimum atomic E-state index is 0.233. The molecule has 0 radical (unpaired) electrons. The van der Waals surface area contributed by atoms with Gasteiger partial charge in [-0.3, -0.25) is 4.79 Å². The summed E-state index contributed by atoms with van der Waals surface area (Å²) in [6.07, 6.45) is 10.6. The molecule has 0 aromatic rings.